The lowest BCUT2D eigenvalue weighted by Crippen LogP contribution is -2.16. The van der Waals surface area contributed by atoms with Crippen LogP contribution >= 0.6 is 11.8 Å². The molecule has 0 spiro atoms. The maximum atomic E-state index is 12.9. The topological polar surface area (TPSA) is 73.0 Å². The summed E-state index contributed by atoms with van der Waals surface area (Å²) in [6, 6.07) is 15.1. The van der Waals surface area contributed by atoms with Crippen molar-refractivity contribution in [3.8, 4) is 5.69 Å². The molecule has 0 atom stereocenters. The number of thioether (sulfide) groups is 1. The average Bonchev–Trinajstić information content (AvgIpc) is 3.24. The van der Waals surface area contributed by atoms with Gasteiger partial charge < -0.3 is 9.73 Å². The lowest BCUT2D eigenvalue weighted by molar-refractivity contribution is 0.102. The number of nitrogens with zero attached hydrogens (tertiary/aromatic N) is 3. The fraction of sp³-hybridized carbons (Fsp3) is 0.105. The van der Waals surface area contributed by atoms with Crippen LogP contribution in [0.3, 0.4) is 0 Å². The summed E-state index contributed by atoms with van der Waals surface area (Å²) in [4.78, 5) is 21.5. The van der Waals surface area contributed by atoms with E-state index >= 15 is 0 Å². The Hall–Kier alpha value is -3.06. The molecule has 130 valence electrons. The minimum absolute atomic E-state index is 0.235. The van der Waals surface area contributed by atoms with E-state index in [9.17, 15) is 4.79 Å². The third kappa shape index (κ3) is 2.97. The molecule has 1 amide bonds. The quantitative estimate of drug-likeness (QED) is 0.547. The summed E-state index contributed by atoms with van der Waals surface area (Å²) in [6.45, 7) is 1.79. The number of fused-ring (bicyclic) bond motifs is 1. The van der Waals surface area contributed by atoms with Gasteiger partial charge in [-0.3, -0.25) is 9.36 Å². The second-order valence-corrected chi connectivity index (χ2v) is 6.44. The highest BCUT2D eigenvalue weighted by Crippen LogP contribution is 2.24. The number of benzene rings is 2. The summed E-state index contributed by atoms with van der Waals surface area (Å²) in [5, 5.41) is 3.67. The van der Waals surface area contributed by atoms with E-state index in [1.165, 1.54) is 11.8 Å². The van der Waals surface area contributed by atoms with Gasteiger partial charge >= 0.3 is 0 Å². The molecule has 7 heteroatoms. The van der Waals surface area contributed by atoms with Crippen molar-refractivity contribution in [1.29, 1.82) is 0 Å². The molecule has 6 nitrogen and oxygen atoms in total. The highest BCUT2D eigenvalue weighted by atomic mass is 32.2. The predicted octanol–water partition coefficient (Wildman–Crippen LogP) is 4.30. The Morgan fingerprint density at radius 1 is 1.19 bits per heavy atom. The van der Waals surface area contributed by atoms with E-state index < -0.39 is 0 Å². The second kappa shape index (κ2) is 6.68. The van der Waals surface area contributed by atoms with Gasteiger partial charge in [-0.25, -0.2) is 9.97 Å². The number of anilines is 1. The standard InChI is InChI=1S/C19H16N4O2S/c1-12-21-15-10-13(8-9-17(15)25-12)22-18(24)16-11-20-19(26-2)23(16)14-6-4-3-5-7-14/h3-11H,1-2H3,(H,22,24). The zero-order valence-electron chi connectivity index (χ0n) is 14.3. The van der Waals surface area contributed by atoms with E-state index in [-0.39, 0.29) is 5.91 Å². The average molecular weight is 364 g/mol. The van der Waals surface area contributed by atoms with Crippen molar-refractivity contribution in [1.82, 2.24) is 14.5 Å². The molecule has 4 aromatic rings. The molecule has 0 unspecified atom stereocenters. The molecular formula is C19H16N4O2S. The smallest absolute Gasteiger partial charge is 0.274 e. The molecule has 0 bridgehead atoms. The Bertz CT molecular complexity index is 1090. The SMILES string of the molecule is CSc1ncc(C(=O)Nc2ccc3oc(C)nc3c2)n1-c1ccccc1. The highest BCUT2D eigenvalue weighted by Gasteiger charge is 2.18. The van der Waals surface area contributed by atoms with E-state index in [0.29, 0.717) is 28.4 Å². The van der Waals surface area contributed by atoms with E-state index in [1.54, 1.807) is 31.3 Å². The monoisotopic (exact) mass is 364 g/mol. The van der Waals surface area contributed by atoms with Crippen molar-refractivity contribution in [2.45, 2.75) is 12.1 Å². The number of hydrogen-bond acceptors (Lipinski definition) is 5. The summed E-state index contributed by atoms with van der Waals surface area (Å²) in [5.74, 6) is 0.358. The van der Waals surface area contributed by atoms with Gasteiger partial charge in [0.1, 0.15) is 11.2 Å². The van der Waals surface area contributed by atoms with Crippen LogP contribution in [0.25, 0.3) is 16.8 Å². The molecule has 0 aliphatic heterocycles. The molecule has 2 aromatic carbocycles. The van der Waals surface area contributed by atoms with Crippen LogP contribution in [0.1, 0.15) is 16.4 Å². The first-order valence-electron chi connectivity index (χ1n) is 8.01. The number of carbonyl (C=O) groups is 1. The van der Waals surface area contributed by atoms with Gasteiger partial charge in [0.15, 0.2) is 16.6 Å². The van der Waals surface area contributed by atoms with Gasteiger partial charge in [0, 0.05) is 18.3 Å². The van der Waals surface area contributed by atoms with Gasteiger partial charge in [0.25, 0.3) is 5.91 Å². The van der Waals surface area contributed by atoms with Gasteiger partial charge in [0.2, 0.25) is 0 Å². The van der Waals surface area contributed by atoms with Crippen LogP contribution in [0.15, 0.2) is 64.3 Å². The number of amides is 1. The summed E-state index contributed by atoms with van der Waals surface area (Å²) >= 11 is 1.49. The van der Waals surface area contributed by atoms with Crippen molar-refractivity contribution in [3.05, 3.63) is 66.3 Å². The number of nitrogens with one attached hydrogen (secondary N) is 1. The van der Waals surface area contributed by atoms with E-state index in [1.807, 2.05) is 41.2 Å². The molecule has 4 rings (SSSR count). The van der Waals surface area contributed by atoms with Gasteiger partial charge in [-0.05, 0) is 36.6 Å². The number of carbonyl (C=O) groups excluding carboxylic acids is 1. The second-order valence-electron chi connectivity index (χ2n) is 5.67. The van der Waals surface area contributed by atoms with E-state index in [0.717, 1.165) is 10.8 Å². The fourth-order valence-electron chi connectivity index (χ4n) is 2.78. The summed E-state index contributed by atoms with van der Waals surface area (Å²) in [6.07, 6.45) is 3.53. The van der Waals surface area contributed by atoms with Gasteiger partial charge in [0.05, 0.1) is 6.20 Å². The number of oxazole rings is 1. The minimum Gasteiger partial charge on any atom is -0.441 e. The molecular weight excluding hydrogens is 348 g/mol. The van der Waals surface area contributed by atoms with Crippen LogP contribution in [0.4, 0.5) is 5.69 Å². The zero-order valence-corrected chi connectivity index (χ0v) is 15.1. The van der Waals surface area contributed by atoms with Crippen LogP contribution in [0.2, 0.25) is 0 Å². The van der Waals surface area contributed by atoms with Crippen molar-refractivity contribution in [2.75, 3.05) is 11.6 Å². The van der Waals surface area contributed by atoms with Crippen molar-refractivity contribution in [2.24, 2.45) is 0 Å². The molecule has 0 radical (unpaired) electrons. The predicted molar refractivity (Wildman–Crippen MR) is 102 cm³/mol. The molecule has 2 aromatic heterocycles. The molecule has 2 heterocycles. The van der Waals surface area contributed by atoms with Crippen molar-refractivity contribution in [3.63, 3.8) is 0 Å². The largest absolute Gasteiger partial charge is 0.441 e. The van der Waals surface area contributed by atoms with Crippen LogP contribution in [-0.4, -0.2) is 26.7 Å². The Morgan fingerprint density at radius 2 is 2.00 bits per heavy atom. The maximum Gasteiger partial charge on any atom is 0.274 e. The van der Waals surface area contributed by atoms with Crippen molar-refractivity contribution >= 4 is 34.5 Å². The Labute approximate surface area is 154 Å². The lowest BCUT2D eigenvalue weighted by atomic mass is 10.2. The minimum atomic E-state index is -0.235. The van der Waals surface area contributed by atoms with Crippen LogP contribution < -0.4 is 5.32 Å². The molecule has 0 saturated carbocycles. The first kappa shape index (κ1) is 16.4. The highest BCUT2D eigenvalue weighted by molar-refractivity contribution is 7.98. The third-order valence-electron chi connectivity index (χ3n) is 3.91. The summed E-state index contributed by atoms with van der Waals surface area (Å²) in [5.41, 5.74) is 3.42. The van der Waals surface area contributed by atoms with Crippen LogP contribution in [0.5, 0.6) is 0 Å². The number of imidazole rings is 1. The zero-order chi connectivity index (χ0) is 18.1. The first-order chi connectivity index (χ1) is 12.7. The number of rotatable bonds is 4. The number of para-hydroxylation sites is 1. The molecule has 0 aliphatic rings. The van der Waals surface area contributed by atoms with E-state index in [4.69, 9.17) is 4.42 Å². The maximum absolute atomic E-state index is 12.9. The lowest BCUT2D eigenvalue weighted by Gasteiger charge is -2.11. The first-order valence-corrected chi connectivity index (χ1v) is 9.24. The Kier molecular flexibility index (Phi) is 4.22. The van der Waals surface area contributed by atoms with Gasteiger partial charge in [-0.15, -0.1) is 0 Å². The summed E-state index contributed by atoms with van der Waals surface area (Å²) < 4.78 is 7.31. The number of aryl methyl sites for hydroxylation is 1. The van der Waals surface area contributed by atoms with E-state index in [2.05, 4.69) is 15.3 Å². The number of aromatic nitrogens is 3. The van der Waals surface area contributed by atoms with Crippen LogP contribution in [-0.2, 0) is 0 Å². The molecule has 0 saturated heterocycles. The van der Waals surface area contributed by atoms with Crippen molar-refractivity contribution < 1.29 is 9.21 Å². The molecule has 0 aliphatic carbocycles. The number of hydrogen-bond donors (Lipinski definition) is 1. The molecule has 26 heavy (non-hydrogen) atoms. The Morgan fingerprint density at radius 3 is 2.77 bits per heavy atom. The Balaban J connectivity index is 1.68. The van der Waals surface area contributed by atoms with Gasteiger partial charge in [-0.2, -0.15) is 0 Å². The summed E-state index contributed by atoms with van der Waals surface area (Å²) in [7, 11) is 0. The fourth-order valence-corrected chi connectivity index (χ4v) is 3.33. The third-order valence-corrected chi connectivity index (χ3v) is 4.56. The molecule has 1 N–H and O–H groups in total. The molecule has 0 fully saturated rings. The normalized spacial score (nSPS) is 11.0. The van der Waals surface area contributed by atoms with Crippen LogP contribution in [0, 0.1) is 6.92 Å². The van der Waals surface area contributed by atoms with Gasteiger partial charge in [-0.1, -0.05) is 30.0 Å².